The fourth-order valence-electron chi connectivity index (χ4n) is 1.97. The van der Waals surface area contributed by atoms with Crippen LogP contribution in [-0.2, 0) is 9.53 Å². The van der Waals surface area contributed by atoms with Gasteiger partial charge in [0.2, 0.25) is 0 Å². The third-order valence-corrected chi connectivity index (χ3v) is 3.06. The molecule has 0 spiro atoms. The van der Waals surface area contributed by atoms with Gasteiger partial charge in [-0.15, -0.1) is 0 Å². The van der Waals surface area contributed by atoms with Crippen LogP contribution in [0.15, 0.2) is 24.3 Å². The molecule has 1 atom stereocenters. The van der Waals surface area contributed by atoms with E-state index in [1.807, 2.05) is 6.92 Å². The normalized spacial score (nSPS) is 17.1. The lowest BCUT2D eigenvalue weighted by Crippen LogP contribution is -2.47. The molecule has 0 aliphatic carbocycles. The van der Waals surface area contributed by atoms with E-state index < -0.39 is 6.10 Å². The quantitative estimate of drug-likeness (QED) is 0.835. The van der Waals surface area contributed by atoms with Crippen LogP contribution in [0.4, 0.5) is 4.39 Å². The summed E-state index contributed by atoms with van der Waals surface area (Å²) in [4.78, 5) is 14.0. The van der Waals surface area contributed by atoms with E-state index in [9.17, 15) is 9.18 Å². The molecule has 1 saturated heterocycles. The largest absolute Gasteiger partial charge is 0.481 e. The van der Waals surface area contributed by atoms with Crippen molar-refractivity contribution in [2.24, 2.45) is 0 Å². The Morgan fingerprint density at radius 2 is 2.00 bits per heavy atom. The molecule has 0 radical (unpaired) electrons. The fraction of sp³-hybridized carbons (Fsp3) is 0.500. The summed E-state index contributed by atoms with van der Waals surface area (Å²) in [5, 5.41) is 0. The third-order valence-electron chi connectivity index (χ3n) is 3.06. The summed E-state index contributed by atoms with van der Waals surface area (Å²) in [5.74, 6) is 0.157. The molecule has 104 valence electrons. The number of benzene rings is 1. The zero-order valence-corrected chi connectivity index (χ0v) is 11.0. The molecule has 1 aliphatic heterocycles. The molecule has 1 heterocycles. The van der Waals surface area contributed by atoms with Crippen molar-refractivity contribution < 1.29 is 18.7 Å². The van der Waals surface area contributed by atoms with E-state index in [0.29, 0.717) is 38.5 Å². The summed E-state index contributed by atoms with van der Waals surface area (Å²) in [6.07, 6.45) is 0.0525. The summed E-state index contributed by atoms with van der Waals surface area (Å²) in [6.45, 7) is 4.23. The highest BCUT2D eigenvalue weighted by Crippen LogP contribution is 2.16. The second-order valence-corrected chi connectivity index (χ2v) is 4.41. The molecule has 4 nitrogen and oxygen atoms in total. The van der Waals surface area contributed by atoms with Gasteiger partial charge in [0, 0.05) is 13.1 Å². The molecule has 0 bridgehead atoms. The maximum atomic E-state index is 12.8. The van der Waals surface area contributed by atoms with Gasteiger partial charge in [0.15, 0.2) is 6.10 Å². The van der Waals surface area contributed by atoms with Gasteiger partial charge >= 0.3 is 0 Å². The molecule has 2 rings (SSSR count). The Labute approximate surface area is 112 Å². The molecule has 0 saturated carbocycles. The first-order chi connectivity index (χ1) is 9.20. The topological polar surface area (TPSA) is 38.8 Å². The predicted molar refractivity (Wildman–Crippen MR) is 68.5 cm³/mol. The van der Waals surface area contributed by atoms with Crippen molar-refractivity contribution in [3.05, 3.63) is 30.1 Å². The van der Waals surface area contributed by atoms with Crippen molar-refractivity contribution in [1.82, 2.24) is 4.90 Å². The van der Waals surface area contributed by atoms with Gasteiger partial charge in [-0.3, -0.25) is 4.79 Å². The van der Waals surface area contributed by atoms with Crippen LogP contribution < -0.4 is 4.74 Å². The summed E-state index contributed by atoms with van der Waals surface area (Å²) in [7, 11) is 0. The van der Waals surface area contributed by atoms with Crippen molar-refractivity contribution in [3.8, 4) is 5.75 Å². The number of carbonyl (C=O) groups is 1. The Kier molecular flexibility index (Phi) is 4.74. The average molecular weight is 267 g/mol. The van der Waals surface area contributed by atoms with E-state index in [1.54, 1.807) is 4.90 Å². The SMILES string of the molecule is CC[C@H](Oc1ccc(F)cc1)C(=O)N1CCOCC1. The van der Waals surface area contributed by atoms with Gasteiger partial charge in [0.05, 0.1) is 13.2 Å². The lowest BCUT2D eigenvalue weighted by Gasteiger charge is -2.30. The van der Waals surface area contributed by atoms with E-state index >= 15 is 0 Å². The Bertz CT molecular complexity index is 415. The minimum Gasteiger partial charge on any atom is -0.481 e. The Balaban J connectivity index is 1.98. The van der Waals surface area contributed by atoms with Gasteiger partial charge in [-0.05, 0) is 30.7 Å². The minimum absolute atomic E-state index is 0.0323. The highest BCUT2D eigenvalue weighted by atomic mass is 19.1. The van der Waals surface area contributed by atoms with Gasteiger partial charge in [-0.2, -0.15) is 0 Å². The van der Waals surface area contributed by atoms with Crippen LogP contribution in [0.1, 0.15) is 13.3 Å². The molecule has 0 N–H and O–H groups in total. The lowest BCUT2D eigenvalue weighted by molar-refractivity contribution is -0.142. The number of carbonyl (C=O) groups excluding carboxylic acids is 1. The first-order valence-corrected chi connectivity index (χ1v) is 6.49. The Morgan fingerprint density at radius 1 is 1.37 bits per heavy atom. The maximum Gasteiger partial charge on any atom is 0.263 e. The van der Waals surface area contributed by atoms with Crippen LogP contribution in [-0.4, -0.2) is 43.2 Å². The molecule has 1 amide bonds. The van der Waals surface area contributed by atoms with Crippen LogP contribution in [0, 0.1) is 5.82 Å². The number of hydrogen-bond acceptors (Lipinski definition) is 3. The highest BCUT2D eigenvalue weighted by molar-refractivity contribution is 5.81. The van der Waals surface area contributed by atoms with Crippen LogP contribution >= 0.6 is 0 Å². The van der Waals surface area contributed by atoms with E-state index in [-0.39, 0.29) is 11.7 Å². The lowest BCUT2D eigenvalue weighted by atomic mass is 10.2. The van der Waals surface area contributed by atoms with Crippen molar-refractivity contribution in [1.29, 1.82) is 0 Å². The monoisotopic (exact) mass is 267 g/mol. The fourth-order valence-corrected chi connectivity index (χ4v) is 1.97. The van der Waals surface area contributed by atoms with Gasteiger partial charge in [-0.1, -0.05) is 6.92 Å². The first kappa shape index (κ1) is 13.8. The van der Waals surface area contributed by atoms with Gasteiger partial charge in [-0.25, -0.2) is 4.39 Å². The molecular weight excluding hydrogens is 249 g/mol. The number of ether oxygens (including phenoxy) is 2. The number of morpholine rings is 1. The summed E-state index contributed by atoms with van der Waals surface area (Å²) in [6, 6.07) is 5.71. The van der Waals surface area contributed by atoms with Gasteiger partial charge in [0.25, 0.3) is 5.91 Å². The van der Waals surface area contributed by atoms with Crippen LogP contribution in [0.3, 0.4) is 0 Å². The van der Waals surface area contributed by atoms with Crippen molar-refractivity contribution >= 4 is 5.91 Å². The van der Waals surface area contributed by atoms with E-state index in [2.05, 4.69) is 0 Å². The molecule has 1 aromatic rings. The average Bonchev–Trinajstić information content (AvgIpc) is 2.47. The number of hydrogen-bond donors (Lipinski definition) is 0. The molecule has 1 fully saturated rings. The number of rotatable bonds is 4. The molecule has 1 aromatic carbocycles. The molecule has 0 aromatic heterocycles. The first-order valence-electron chi connectivity index (χ1n) is 6.49. The molecule has 1 aliphatic rings. The minimum atomic E-state index is -0.524. The van der Waals surface area contributed by atoms with Crippen molar-refractivity contribution in [3.63, 3.8) is 0 Å². The Hall–Kier alpha value is -1.62. The van der Waals surface area contributed by atoms with Gasteiger partial charge < -0.3 is 14.4 Å². The highest BCUT2D eigenvalue weighted by Gasteiger charge is 2.25. The number of amides is 1. The molecule has 19 heavy (non-hydrogen) atoms. The summed E-state index contributed by atoms with van der Waals surface area (Å²) >= 11 is 0. The van der Waals surface area contributed by atoms with Crippen molar-refractivity contribution in [2.45, 2.75) is 19.4 Å². The second-order valence-electron chi connectivity index (χ2n) is 4.41. The third kappa shape index (κ3) is 3.67. The van der Waals surface area contributed by atoms with Crippen LogP contribution in [0.2, 0.25) is 0 Å². The second kappa shape index (κ2) is 6.52. The van der Waals surface area contributed by atoms with Crippen LogP contribution in [0.5, 0.6) is 5.75 Å². The molecule has 0 unspecified atom stereocenters. The standard InChI is InChI=1S/C14H18FNO3/c1-2-13(14(17)16-7-9-18-10-8-16)19-12-5-3-11(15)4-6-12/h3-6,13H,2,7-10H2,1H3/t13-/m0/s1. The van der Waals surface area contributed by atoms with Gasteiger partial charge in [0.1, 0.15) is 11.6 Å². The summed E-state index contributed by atoms with van der Waals surface area (Å²) < 4.78 is 23.7. The summed E-state index contributed by atoms with van der Waals surface area (Å²) in [5.41, 5.74) is 0. The van der Waals surface area contributed by atoms with E-state index in [4.69, 9.17) is 9.47 Å². The predicted octanol–water partition coefficient (Wildman–Crippen LogP) is 1.84. The zero-order valence-electron chi connectivity index (χ0n) is 11.0. The zero-order chi connectivity index (χ0) is 13.7. The van der Waals surface area contributed by atoms with E-state index in [1.165, 1.54) is 24.3 Å². The number of nitrogens with zero attached hydrogens (tertiary/aromatic N) is 1. The smallest absolute Gasteiger partial charge is 0.263 e. The number of halogens is 1. The Morgan fingerprint density at radius 3 is 2.58 bits per heavy atom. The molecular formula is C14H18FNO3. The maximum absolute atomic E-state index is 12.8. The van der Waals surface area contributed by atoms with Crippen molar-refractivity contribution in [2.75, 3.05) is 26.3 Å². The van der Waals surface area contributed by atoms with Crippen LogP contribution in [0.25, 0.3) is 0 Å². The van der Waals surface area contributed by atoms with E-state index in [0.717, 1.165) is 0 Å². The molecule has 5 heteroatoms.